The lowest BCUT2D eigenvalue weighted by atomic mass is 10.2. The highest BCUT2D eigenvalue weighted by atomic mass is 32.1. The van der Waals surface area contributed by atoms with Gasteiger partial charge < -0.3 is 15.1 Å². The second kappa shape index (κ2) is 7.17. The van der Waals surface area contributed by atoms with Crippen LogP contribution < -0.4 is 10.2 Å². The van der Waals surface area contributed by atoms with Crippen molar-refractivity contribution in [1.29, 1.82) is 0 Å². The van der Waals surface area contributed by atoms with Gasteiger partial charge in [-0.2, -0.15) is 0 Å². The van der Waals surface area contributed by atoms with Gasteiger partial charge in [-0.1, -0.05) is 0 Å². The molecule has 0 saturated carbocycles. The topological polar surface area (TPSA) is 48.5 Å². The molecule has 1 aliphatic rings. The Labute approximate surface area is 145 Å². The average molecular weight is 348 g/mol. The van der Waals surface area contributed by atoms with Gasteiger partial charge in [0.2, 0.25) is 0 Å². The number of nitrogens with zero attached hydrogens (tertiary/aromatic N) is 3. The largest absolute Gasteiger partial charge is 0.346 e. The molecule has 0 spiro atoms. The number of halogens is 1. The summed E-state index contributed by atoms with van der Waals surface area (Å²) >= 11 is 1.64. The highest BCUT2D eigenvalue weighted by molar-refractivity contribution is 7.13. The van der Waals surface area contributed by atoms with Gasteiger partial charge in [-0.05, 0) is 44.0 Å². The molecule has 0 atom stereocenters. The van der Waals surface area contributed by atoms with Crippen LogP contribution in [0, 0.1) is 19.7 Å². The van der Waals surface area contributed by atoms with Crippen LogP contribution in [-0.4, -0.2) is 42.1 Å². The van der Waals surface area contributed by atoms with Gasteiger partial charge in [0.25, 0.3) is 0 Å². The quantitative estimate of drug-likeness (QED) is 0.901. The first kappa shape index (κ1) is 16.7. The van der Waals surface area contributed by atoms with Gasteiger partial charge in [0.05, 0.1) is 5.69 Å². The van der Waals surface area contributed by atoms with Crippen molar-refractivity contribution >= 4 is 28.2 Å². The summed E-state index contributed by atoms with van der Waals surface area (Å²) in [6, 6.07) is 4.24. The summed E-state index contributed by atoms with van der Waals surface area (Å²) in [5.41, 5.74) is 2.40. The van der Waals surface area contributed by atoms with E-state index in [0.717, 1.165) is 35.9 Å². The van der Waals surface area contributed by atoms with Gasteiger partial charge in [0.15, 0.2) is 5.13 Å². The molecule has 2 aromatic rings. The zero-order valence-electron chi connectivity index (χ0n) is 13.9. The number of amides is 2. The fourth-order valence-electron chi connectivity index (χ4n) is 2.76. The number of nitrogens with one attached hydrogen (secondary N) is 1. The minimum absolute atomic E-state index is 0.137. The van der Waals surface area contributed by atoms with Gasteiger partial charge in [-0.25, -0.2) is 14.2 Å². The third kappa shape index (κ3) is 3.84. The molecule has 5 nitrogen and oxygen atoms in total. The molecular weight excluding hydrogens is 327 g/mol. The highest BCUT2D eigenvalue weighted by Crippen LogP contribution is 2.22. The number of thiazole rings is 1. The highest BCUT2D eigenvalue weighted by Gasteiger charge is 2.21. The van der Waals surface area contributed by atoms with E-state index in [9.17, 15) is 9.18 Å². The first-order chi connectivity index (χ1) is 11.5. The lowest BCUT2D eigenvalue weighted by Crippen LogP contribution is -2.38. The third-order valence-electron chi connectivity index (χ3n) is 4.09. The van der Waals surface area contributed by atoms with E-state index in [4.69, 9.17) is 0 Å². The molecule has 1 aliphatic heterocycles. The normalized spacial score (nSPS) is 15.3. The first-order valence-corrected chi connectivity index (χ1v) is 8.90. The van der Waals surface area contributed by atoms with E-state index in [-0.39, 0.29) is 11.8 Å². The molecule has 3 rings (SSSR count). The Hall–Kier alpha value is -2.15. The van der Waals surface area contributed by atoms with Crippen molar-refractivity contribution in [3.05, 3.63) is 40.7 Å². The summed E-state index contributed by atoms with van der Waals surface area (Å²) in [6.07, 6.45) is 0.897. The molecule has 2 heterocycles. The van der Waals surface area contributed by atoms with Gasteiger partial charge in [-0.15, -0.1) is 11.3 Å². The van der Waals surface area contributed by atoms with Crippen LogP contribution in [0.2, 0.25) is 0 Å². The molecule has 2 amide bonds. The summed E-state index contributed by atoms with van der Waals surface area (Å²) in [6.45, 7) is 6.78. The summed E-state index contributed by atoms with van der Waals surface area (Å²) in [5, 5.41) is 5.94. The number of carbonyl (C=O) groups excluding carboxylic acids is 1. The second-order valence-electron chi connectivity index (χ2n) is 5.99. The molecule has 1 saturated heterocycles. The van der Waals surface area contributed by atoms with Crippen molar-refractivity contribution in [1.82, 2.24) is 9.88 Å². The number of carbonyl (C=O) groups is 1. The van der Waals surface area contributed by atoms with E-state index in [1.54, 1.807) is 24.3 Å². The summed E-state index contributed by atoms with van der Waals surface area (Å²) in [5.74, 6) is -0.297. The minimum atomic E-state index is -0.297. The zero-order valence-corrected chi connectivity index (χ0v) is 14.7. The van der Waals surface area contributed by atoms with Gasteiger partial charge in [0.1, 0.15) is 5.82 Å². The average Bonchev–Trinajstić information content (AvgIpc) is 2.83. The minimum Gasteiger partial charge on any atom is -0.346 e. The molecule has 0 aliphatic carbocycles. The number of benzene rings is 1. The number of anilines is 2. The second-order valence-corrected chi connectivity index (χ2v) is 6.83. The molecule has 1 aromatic carbocycles. The Morgan fingerprint density at radius 1 is 1.25 bits per heavy atom. The molecule has 0 radical (unpaired) electrons. The van der Waals surface area contributed by atoms with Crippen molar-refractivity contribution in [2.24, 2.45) is 0 Å². The van der Waals surface area contributed by atoms with Crippen LogP contribution in [0.25, 0.3) is 0 Å². The summed E-state index contributed by atoms with van der Waals surface area (Å²) < 4.78 is 13.2. The van der Waals surface area contributed by atoms with E-state index in [1.165, 1.54) is 12.1 Å². The maximum atomic E-state index is 13.2. The molecule has 0 unspecified atom stereocenters. The predicted octanol–water partition coefficient (Wildman–Crippen LogP) is 3.64. The van der Waals surface area contributed by atoms with Crippen molar-refractivity contribution < 1.29 is 9.18 Å². The Bertz CT molecular complexity index is 733. The SMILES string of the molecule is Cc1csc(N2CCCN(C(=O)Nc3ccc(F)cc3C)CC2)n1. The molecule has 1 aromatic heterocycles. The van der Waals surface area contributed by atoms with Crippen LogP contribution in [-0.2, 0) is 0 Å². The summed E-state index contributed by atoms with van der Waals surface area (Å²) in [4.78, 5) is 21.1. The Balaban J connectivity index is 1.62. The predicted molar refractivity (Wildman–Crippen MR) is 95.4 cm³/mol. The number of urea groups is 1. The monoisotopic (exact) mass is 348 g/mol. The van der Waals surface area contributed by atoms with Crippen LogP contribution in [0.5, 0.6) is 0 Å². The molecule has 24 heavy (non-hydrogen) atoms. The Morgan fingerprint density at radius 3 is 2.79 bits per heavy atom. The van der Waals surface area contributed by atoms with Crippen LogP contribution >= 0.6 is 11.3 Å². The van der Waals surface area contributed by atoms with Gasteiger partial charge in [0, 0.05) is 37.2 Å². The van der Waals surface area contributed by atoms with E-state index in [0.29, 0.717) is 18.8 Å². The van der Waals surface area contributed by atoms with Crippen molar-refractivity contribution in [3.8, 4) is 0 Å². The molecule has 128 valence electrons. The van der Waals surface area contributed by atoms with Crippen LogP contribution in [0.3, 0.4) is 0 Å². The van der Waals surface area contributed by atoms with E-state index >= 15 is 0 Å². The fraction of sp³-hybridized carbons (Fsp3) is 0.412. The number of hydrogen-bond donors (Lipinski definition) is 1. The van der Waals surface area contributed by atoms with Crippen LogP contribution in [0.1, 0.15) is 17.7 Å². The lowest BCUT2D eigenvalue weighted by Gasteiger charge is -2.22. The van der Waals surface area contributed by atoms with E-state index < -0.39 is 0 Å². The Morgan fingerprint density at radius 2 is 2.08 bits per heavy atom. The number of rotatable bonds is 2. The van der Waals surface area contributed by atoms with Crippen LogP contribution in [0.4, 0.5) is 20.0 Å². The number of aryl methyl sites for hydroxylation is 2. The zero-order chi connectivity index (χ0) is 17.1. The van der Waals surface area contributed by atoms with Gasteiger partial charge >= 0.3 is 6.03 Å². The molecule has 1 fully saturated rings. The molecule has 1 N–H and O–H groups in total. The first-order valence-electron chi connectivity index (χ1n) is 8.02. The smallest absolute Gasteiger partial charge is 0.321 e. The maximum Gasteiger partial charge on any atom is 0.321 e. The van der Waals surface area contributed by atoms with E-state index in [1.807, 2.05) is 17.2 Å². The van der Waals surface area contributed by atoms with Gasteiger partial charge in [-0.3, -0.25) is 0 Å². The number of hydrogen-bond acceptors (Lipinski definition) is 4. The lowest BCUT2D eigenvalue weighted by molar-refractivity contribution is 0.215. The van der Waals surface area contributed by atoms with Crippen molar-refractivity contribution in [2.75, 3.05) is 36.4 Å². The fourth-order valence-corrected chi connectivity index (χ4v) is 3.62. The number of aromatic nitrogens is 1. The van der Waals surface area contributed by atoms with Crippen molar-refractivity contribution in [2.45, 2.75) is 20.3 Å². The van der Waals surface area contributed by atoms with Crippen LogP contribution in [0.15, 0.2) is 23.6 Å². The molecular formula is C17H21FN4OS. The standard InChI is InChI=1S/C17H21FN4OS/c1-12-10-14(18)4-5-15(12)20-16(23)21-6-3-7-22(9-8-21)17-19-13(2)11-24-17/h4-5,10-11H,3,6-9H2,1-2H3,(H,20,23). The maximum absolute atomic E-state index is 13.2. The third-order valence-corrected chi connectivity index (χ3v) is 5.11. The molecule has 7 heteroatoms. The van der Waals surface area contributed by atoms with E-state index in [2.05, 4.69) is 15.2 Å². The summed E-state index contributed by atoms with van der Waals surface area (Å²) in [7, 11) is 0. The Kier molecular flexibility index (Phi) is 4.99. The molecule has 0 bridgehead atoms. The van der Waals surface area contributed by atoms with Crippen molar-refractivity contribution in [3.63, 3.8) is 0 Å².